The van der Waals surface area contributed by atoms with Gasteiger partial charge in [-0.05, 0) is 135 Å². The zero-order valence-corrected chi connectivity index (χ0v) is 43.5. The van der Waals surface area contributed by atoms with E-state index in [-0.39, 0.29) is 38.0 Å². The summed E-state index contributed by atoms with van der Waals surface area (Å²) in [5.74, 6) is -1.10. The normalized spacial score (nSPS) is 13.5. The van der Waals surface area contributed by atoms with Gasteiger partial charge in [-0.1, -0.05) is 204 Å². The van der Waals surface area contributed by atoms with Gasteiger partial charge in [0.25, 0.3) is 0 Å². The fourth-order valence-corrected chi connectivity index (χ4v) is 6.33. The molecule has 0 aliphatic rings. The Hall–Kier alpha value is -5.23. The Kier molecular flexibility index (Phi) is 51.2. The largest absolute Gasteiger partial charge is 0.462 e. The minimum atomic E-state index is -0.854. The quantitative estimate of drug-likeness (QED) is 0.0262. The van der Waals surface area contributed by atoms with Crippen LogP contribution in [0.2, 0.25) is 0 Å². The smallest absolute Gasteiger partial charge is 0.306 e. The zero-order chi connectivity index (χ0) is 50.0. The van der Waals surface area contributed by atoms with Crippen molar-refractivity contribution in [2.75, 3.05) is 13.2 Å². The van der Waals surface area contributed by atoms with Gasteiger partial charge in [0.15, 0.2) is 6.10 Å². The van der Waals surface area contributed by atoms with Crippen LogP contribution in [-0.2, 0) is 28.6 Å². The molecule has 382 valence electrons. The Morgan fingerprint density at radius 1 is 0.290 bits per heavy atom. The lowest BCUT2D eigenvalue weighted by molar-refractivity contribution is -0.166. The van der Waals surface area contributed by atoms with Crippen LogP contribution < -0.4 is 0 Å². The van der Waals surface area contributed by atoms with Crippen molar-refractivity contribution in [1.82, 2.24) is 0 Å². The first kappa shape index (κ1) is 63.8. The molecule has 1 atom stereocenters. The van der Waals surface area contributed by atoms with Gasteiger partial charge in [-0.3, -0.25) is 14.4 Å². The van der Waals surface area contributed by atoms with E-state index in [1.807, 2.05) is 12.2 Å². The second-order valence-electron chi connectivity index (χ2n) is 16.6. The molecular formula is C63H94O6. The van der Waals surface area contributed by atoms with Gasteiger partial charge in [-0.15, -0.1) is 0 Å². The molecule has 0 fully saturated rings. The molecule has 0 radical (unpaired) electrons. The molecule has 0 aromatic rings. The fourth-order valence-electron chi connectivity index (χ4n) is 6.33. The molecule has 0 rings (SSSR count). The van der Waals surface area contributed by atoms with Gasteiger partial charge in [0, 0.05) is 19.3 Å². The van der Waals surface area contributed by atoms with E-state index in [1.165, 1.54) is 0 Å². The van der Waals surface area contributed by atoms with Crippen molar-refractivity contribution in [2.24, 2.45) is 0 Å². The summed E-state index contributed by atoms with van der Waals surface area (Å²) < 4.78 is 16.7. The van der Waals surface area contributed by atoms with Gasteiger partial charge in [0.05, 0.1) is 0 Å². The predicted molar refractivity (Wildman–Crippen MR) is 297 cm³/mol. The highest BCUT2D eigenvalue weighted by Gasteiger charge is 2.19. The molecule has 0 aromatic heterocycles. The van der Waals surface area contributed by atoms with E-state index in [0.29, 0.717) is 12.8 Å². The molecular weight excluding hydrogens is 853 g/mol. The van der Waals surface area contributed by atoms with Crippen LogP contribution in [-0.4, -0.2) is 37.2 Å². The van der Waals surface area contributed by atoms with Crippen LogP contribution in [0.4, 0.5) is 0 Å². The molecule has 0 aromatic carbocycles. The summed E-state index contributed by atoms with van der Waals surface area (Å²) in [5, 5.41) is 0. The zero-order valence-electron chi connectivity index (χ0n) is 43.5. The molecule has 0 saturated heterocycles. The lowest BCUT2D eigenvalue weighted by atomic mass is 10.1. The van der Waals surface area contributed by atoms with Crippen LogP contribution in [0.3, 0.4) is 0 Å². The number of allylic oxidation sites excluding steroid dienone is 28. The molecule has 0 aliphatic carbocycles. The molecule has 0 amide bonds. The van der Waals surface area contributed by atoms with Gasteiger partial charge in [0.2, 0.25) is 0 Å². The Labute approximate surface area is 422 Å². The Morgan fingerprint density at radius 3 is 0.841 bits per heavy atom. The topological polar surface area (TPSA) is 78.9 Å². The number of esters is 3. The Balaban J connectivity index is 4.65. The maximum Gasteiger partial charge on any atom is 0.306 e. The molecule has 69 heavy (non-hydrogen) atoms. The average Bonchev–Trinajstić information content (AvgIpc) is 3.35. The summed E-state index contributed by atoms with van der Waals surface area (Å²) in [5.41, 5.74) is 0. The second kappa shape index (κ2) is 55.4. The summed E-state index contributed by atoms with van der Waals surface area (Å²) in [6.07, 6.45) is 82.1. The lowest BCUT2D eigenvalue weighted by Gasteiger charge is -2.18. The van der Waals surface area contributed by atoms with Crippen LogP contribution in [0.25, 0.3) is 0 Å². The first-order valence-electron chi connectivity index (χ1n) is 26.6. The van der Waals surface area contributed by atoms with Gasteiger partial charge in [0.1, 0.15) is 13.2 Å². The molecule has 6 heteroatoms. The SMILES string of the molecule is CC/C=C\C/C=C\C/C=C\C/C=C\C/C=C\CCCCCC(=O)OCC(COC(=O)CCCCC/C=C\C/C=C\C/C=C\C/C=C\CC)OC(=O)CC/C=C\C/C=C\C/C=C\C/C=C\C/C=C\CC. The summed E-state index contributed by atoms with van der Waals surface area (Å²) in [6, 6.07) is 0. The predicted octanol–water partition coefficient (Wildman–Crippen LogP) is 18.0. The molecule has 0 heterocycles. The number of unbranched alkanes of at least 4 members (excludes halogenated alkanes) is 6. The molecule has 0 spiro atoms. The van der Waals surface area contributed by atoms with Crippen LogP contribution >= 0.6 is 0 Å². The van der Waals surface area contributed by atoms with Crippen molar-refractivity contribution in [1.29, 1.82) is 0 Å². The van der Waals surface area contributed by atoms with E-state index in [0.717, 1.165) is 141 Å². The summed E-state index contributed by atoms with van der Waals surface area (Å²) >= 11 is 0. The van der Waals surface area contributed by atoms with Crippen molar-refractivity contribution in [3.8, 4) is 0 Å². The van der Waals surface area contributed by atoms with Crippen LogP contribution in [0, 0.1) is 0 Å². The fraction of sp³-hybridized carbons (Fsp3) is 0.508. The third-order valence-corrected chi connectivity index (χ3v) is 10.2. The minimum absolute atomic E-state index is 0.144. The number of hydrogen-bond donors (Lipinski definition) is 0. The summed E-state index contributed by atoms with van der Waals surface area (Å²) in [4.78, 5) is 38.0. The Bertz CT molecular complexity index is 1650. The maximum absolute atomic E-state index is 12.8. The highest BCUT2D eigenvalue weighted by molar-refractivity contribution is 5.71. The van der Waals surface area contributed by atoms with Gasteiger partial charge < -0.3 is 14.2 Å². The number of carbonyl (C=O) groups excluding carboxylic acids is 3. The molecule has 0 bridgehead atoms. The number of carbonyl (C=O) groups is 3. The molecule has 0 aliphatic heterocycles. The van der Waals surface area contributed by atoms with E-state index in [9.17, 15) is 14.4 Å². The van der Waals surface area contributed by atoms with Crippen molar-refractivity contribution in [2.45, 2.75) is 194 Å². The van der Waals surface area contributed by atoms with Crippen molar-refractivity contribution >= 4 is 17.9 Å². The Morgan fingerprint density at radius 2 is 0.551 bits per heavy atom. The van der Waals surface area contributed by atoms with Crippen molar-refractivity contribution in [3.63, 3.8) is 0 Å². The van der Waals surface area contributed by atoms with Gasteiger partial charge in [-0.2, -0.15) is 0 Å². The van der Waals surface area contributed by atoms with Gasteiger partial charge in [-0.25, -0.2) is 0 Å². The van der Waals surface area contributed by atoms with E-state index in [2.05, 4.69) is 179 Å². The van der Waals surface area contributed by atoms with E-state index in [4.69, 9.17) is 14.2 Å². The van der Waals surface area contributed by atoms with Crippen LogP contribution in [0.1, 0.15) is 188 Å². The van der Waals surface area contributed by atoms with Gasteiger partial charge >= 0.3 is 17.9 Å². The first-order valence-corrected chi connectivity index (χ1v) is 26.6. The van der Waals surface area contributed by atoms with E-state index < -0.39 is 12.1 Å². The maximum atomic E-state index is 12.8. The summed E-state index contributed by atoms with van der Waals surface area (Å²) in [7, 11) is 0. The first-order chi connectivity index (χ1) is 34.0. The second-order valence-corrected chi connectivity index (χ2v) is 16.6. The standard InChI is InChI=1S/C63H94O6/c1-4-7-10-13-16-19-22-25-28-31-32-33-36-38-41-44-47-50-53-56-62(65)68-59-60(69-63(66)57-54-51-48-45-42-39-35-30-27-24-21-18-15-12-9-6-3)58-67-61(64)55-52-49-46-43-40-37-34-29-26-23-20-17-14-11-8-5-2/h7-12,16-21,25-30,32-33,37-42,48,51,60H,4-6,13-15,22-24,31,34-36,43-47,49-50,52-59H2,1-3H3/b10-7-,11-8-,12-9-,19-16-,20-17-,21-18-,28-25-,29-26-,30-27-,33-32-,40-37-,41-38-,42-39-,51-48-. The third-order valence-electron chi connectivity index (χ3n) is 10.2. The minimum Gasteiger partial charge on any atom is -0.462 e. The molecule has 0 saturated carbocycles. The van der Waals surface area contributed by atoms with E-state index >= 15 is 0 Å². The van der Waals surface area contributed by atoms with Crippen LogP contribution in [0.5, 0.6) is 0 Å². The molecule has 0 N–H and O–H groups in total. The van der Waals surface area contributed by atoms with Crippen molar-refractivity contribution in [3.05, 3.63) is 170 Å². The average molecular weight is 947 g/mol. The highest BCUT2D eigenvalue weighted by Crippen LogP contribution is 2.10. The number of ether oxygens (including phenoxy) is 3. The number of rotatable bonds is 45. The van der Waals surface area contributed by atoms with Crippen LogP contribution in [0.15, 0.2) is 170 Å². The van der Waals surface area contributed by atoms with Crippen molar-refractivity contribution < 1.29 is 28.6 Å². The number of hydrogen-bond acceptors (Lipinski definition) is 6. The monoisotopic (exact) mass is 947 g/mol. The molecule has 6 nitrogen and oxygen atoms in total. The summed E-state index contributed by atoms with van der Waals surface area (Å²) in [6.45, 7) is 6.14. The van der Waals surface area contributed by atoms with E-state index in [1.54, 1.807) is 0 Å². The molecule has 1 unspecified atom stereocenters. The lowest BCUT2D eigenvalue weighted by Crippen LogP contribution is -2.30. The highest BCUT2D eigenvalue weighted by atomic mass is 16.6. The third kappa shape index (κ3) is 53.6.